The number of esters is 1. The molecule has 7 nitrogen and oxygen atoms in total. The topological polar surface area (TPSA) is 83.9 Å². The number of amidine groups is 1. The van der Waals surface area contributed by atoms with Gasteiger partial charge in [0, 0.05) is 16.9 Å². The summed E-state index contributed by atoms with van der Waals surface area (Å²) >= 11 is 7.71. The molecule has 2 aliphatic rings. The van der Waals surface area contributed by atoms with E-state index in [1.54, 1.807) is 26.1 Å². The van der Waals surface area contributed by atoms with Gasteiger partial charge in [-0.25, -0.2) is 9.79 Å². The number of aromatic nitrogens is 1. The van der Waals surface area contributed by atoms with E-state index in [1.165, 1.54) is 11.8 Å². The van der Waals surface area contributed by atoms with Crippen molar-refractivity contribution in [2.24, 2.45) is 4.99 Å². The van der Waals surface area contributed by atoms with Crippen molar-refractivity contribution in [3.8, 4) is 0 Å². The van der Waals surface area contributed by atoms with Crippen molar-refractivity contribution in [2.45, 2.75) is 32.9 Å². The SMILES string of the molecule is CCOC(=O)C1=C(C)N=C2SC=C(CC(=O)NCc3ccccn3)N2C1c1cccc(Cl)c1. The molecular formula is C24H23ClN4O3S. The molecule has 1 aromatic carbocycles. The van der Waals surface area contributed by atoms with E-state index in [0.717, 1.165) is 17.0 Å². The highest BCUT2D eigenvalue weighted by atomic mass is 35.5. The third kappa shape index (κ3) is 5.12. The van der Waals surface area contributed by atoms with Crippen LogP contribution in [0.2, 0.25) is 5.02 Å². The molecule has 3 heterocycles. The molecule has 1 amide bonds. The molecule has 9 heteroatoms. The molecule has 1 aromatic heterocycles. The maximum Gasteiger partial charge on any atom is 0.338 e. The maximum absolute atomic E-state index is 12.9. The average Bonchev–Trinajstić information content (AvgIpc) is 3.19. The number of hydrogen-bond acceptors (Lipinski definition) is 7. The lowest BCUT2D eigenvalue weighted by Gasteiger charge is -2.36. The number of benzene rings is 1. The summed E-state index contributed by atoms with van der Waals surface area (Å²) in [5.74, 6) is -0.582. The first-order chi connectivity index (χ1) is 16.0. The minimum Gasteiger partial charge on any atom is -0.463 e. The zero-order valence-electron chi connectivity index (χ0n) is 18.2. The number of thioether (sulfide) groups is 1. The van der Waals surface area contributed by atoms with E-state index in [9.17, 15) is 9.59 Å². The third-order valence-electron chi connectivity index (χ3n) is 5.19. The lowest BCUT2D eigenvalue weighted by Crippen LogP contribution is -2.38. The Labute approximate surface area is 201 Å². The number of pyridine rings is 1. The van der Waals surface area contributed by atoms with Gasteiger partial charge in [-0.1, -0.05) is 41.6 Å². The summed E-state index contributed by atoms with van der Waals surface area (Å²) in [5.41, 5.74) is 3.37. The van der Waals surface area contributed by atoms with Crippen LogP contribution in [0, 0.1) is 0 Å². The van der Waals surface area contributed by atoms with E-state index in [0.29, 0.717) is 28.0 Å². The molecule has 0 spiro atoms. The predicted molar refractivity (Wildman–Crippen MR) is 129 cm³/mol. The largest absolute Gasteiger partial charge is 0.463 e. The molecule has 1 atom stereocenters. The van der Waals surface area contributed by atoms with Crippen LogP contribution in [0.15, 0.2) is 76.0 Å². The number of amides is 1. The van der Waals surface area contributed by atoms with Gasteiger partial charge in [0.1, 0.15) is 0 Å². The highest BCUT2D eigenvalue weighted by Crippen LogP contribution is 2.45. The van der Waals surface area contributed by atoms with E-state index < -0.39 is 12.0 Å². The quantitative estimate of drug-likeness (QED) is 0.581. The number of fused-ring (bicyclic) bond motifs is 1. The number of halogens is 1. The van der Waals surface area contributed by atoms with E-state index in [4.69, 9.17) is 16.3 Å². The van der Waals surface area contributed by atoms with Gasteiger partial charge in [0.05, 0.1) is 42.6 Å². The van der Waals surface area contributed by atoms with Gasteiger partial charge in [0.15, 0.2) is 5.17 Å². The van der Waals surface area contributed by atoms with Gasteiger partial charge in [0.2, 0.25) is 5.91 Å². The van der Waals surface area contributed by atoms with Gasteiger partial charge >= 0.3 is 5.97 Å². The lowest BCUT2D eigenvalue weighted by molar-refractivity contribution is -0.139. The Kier molecular flexibility index (Phi) is 7.15. The van der Waals surface area contributed by atoms with Gasteiger partial charge in [-0.2, -0.15) is 0 Å². The molecule has 2 aliphatic heterocycles. The first-order valence-corrected chi connectivity index (χ1v) is 11.8. The molecule has 2 aromatic rings. The van der Waals surface area contributed by atoms with Crippen LogP contribution in [-0.4, -0.2) is 33.5 Å². The standard InChI is InChI=1S/C24H23ClN4O3S/c1-3-32-23(31)21-15(2)28-24-29(22(21)16-7-6-8-17(25)11-16)19(14-33-24)12-20(30)27-13-18-9-4-5-10-26-18/h4-11,14,22H,3,12-13H2,1-2H3,(H,27,30). The van der Waals surface area contributed by atoms with E-state index >= 15 is 0 Å². The molecule has 0 radical (unpaired) electrons. The summed E-state index contributed by atoms with van der Waals surface area (Å²) in [6, 6.07) is 12.4. The van der Waals surface area contributed by atoms with Crippen molar-refractivity contribution in [3.05, 3.63) is 87.3 Å². The number of ether oxygens (including phenoxy) is 1. The van der Waals surface area contributed by atoms with Crippen LogP contribution in [0.25, 0.3) is 0 Å². The highest BCUT2D eigenvalue weighted by Gasteiger charge is 2.41. The van der Waals surface area contributed by atoms with Gasteiger partial charge in [-0.15, -0.1) is 0 Å². The predicted octanol–water partition coefficient (Wildman–Crippen LogP) is 4.58. The summed E-state index contributed by atoms with van der Waals surface area (Å²) in [6.07, 6.45) is 1.82. The second kappa shape index (κ2) is 10.2. The normalized spacial score (nSPS) is 17.3. The Hall–Kier alpha value is -3.10. The van der Waals surface area contributed by atoms with Crippen LogP contribution < -0.4 is 5.32 Å². The fourth-order valence-corrected chi connectivity index (χ4v) is 4.91. The molecule has 1 N–H and O–H groups in total. The Morgan fingerprint density at radius 1 is 1.24 bits per heavy atom. The zero-order chi connectivity index (χ0) is 23.4. The number of rotatable bonds is 7. The van der Waals surface area contributed by atoms with Gasteiger partial charge in [0.25, 0.3) is 0 Å². The molecule has 33 heavy (non-hydrogen) atoms. The van der Waals surface area contributed by atoms with Crippen molar-refractivity contribution in [1.82, 2.24) is 15.2 Å². The summed E-state index contributed by atoms with van der Waals surface area (Å²) in [5, 5.41) is 6.07. The minimum atomic E-state index is -0.500. The Morgan fingerprint density at radius 3 is 2.82 bits per heavy atom. The zero-order valence-corrected chi connectivity index (χ0v) is 19.8. The monoisotopic (exact) mass is 482 g/mol. The third-order valence-corrected chi connectivity index (χ3v) is 6.32. The number of nitrogens with one attached hydrogen (secondary N) is 1. The van der Waals surface area contributed by atoms with Crippen molar-refractivity contribution in [2.75, 3.05) is 6.61 Å². The fourth-order valence-electron chi connectivity index (χ4n) is 3.75. The van der Waals surface area contributed by atoms with Gasteiger partial charge < -0.3 is 15.0 Å². The van der Waals surface area contributed by atoms with Crippen LogP contribution in [0.5, 0.6) is 0 Å². The molecule has 170 valence electrons. The number of carbonyl (C=O) groups is 2. The maximum atomic E-state index is 12.9. The molecule has 0 aliphatic carbocycles. The first-order valence-electron chi connectivity index (χ1n) is 10.5. The van der Waals surface area contributed by atoms with E-state index in [1.807, 2.05) is 46.7 Å². The van der Waals surface area contributed by atoms with Crippen molar-refractivity contribution in [1.29, 1.82) is 0 Å². The number of carbonyl (C=O) groups excluding carboxylic acids is 2. The molecule has 0 fully saturated rings. The Bertz CT molecular complexity index is 1160. The fraction of sp³-hybridized carbons (Fsp3) is 0.250. The van der Waals surface area contributed by atoms with Crippen molar-refractivity contribution < 1.29 is 14.3 Å². The van der Waals surface area contributed by atoms with Crippen LogP contribution in [0.1, 0.15) is 37.6 Å². The Morgan fingerprint density at radius 2 is 2.09 bits per heavy atom. The lowest BCUT2D eigenvalue weighted by atomic mass is 9.94. The smallest absolute Gasteiger partial charge is 0.338 e. The van der Waals surface area contributed by atoms with Crippen LogP contribution in [-0.2, 0) is 20.9 Å². The van der Waals surface area contributed by atoms with Gasteiger partial charge in [-0.05, 0) is 49.1 Å². The van der Waals surface area contributed by atoms with Crippen LogP contribution in [0.3, 0.4) is 0 Å². The Balaban J connectivity index is 1.61. The minimum absolute atomic E-state index is 0.130. The summed E-state index contributed by atoms with van der Waals surface area (Å²) in [6.45, 7) is 4.16. The average molecular weight is 483 g/mol. The molecular weight excluding hydrogens is 460 g/mol. The number of hydrogen-bond donors (Lipinski definition) is 1. The molecule has 4 rings (SSSR count). The second-order valence-corrected chi connectivity index (χ2v) is 8.72. The summed E-state index contributed by atoms with van der Waals surface area (Å²) in [7, 11) is 0. The molecule has 0 bridgehead atoms. The molecule has 0 saturated carbocycles. The summed E-state index contributed by atoms with van der Waals surface area (Å²) < 4.78 is 5.35. The second-order valence-electron chi connectivity index (χ2n) is 7.44. The van der Waals surface area contributed by atoms with Crippen molar-refractivity contribution in [3.63, 3.8) is 0 Å². The van der Waals surface area contributed by atoms with Gasteiger partial charge in [-0.3, -0.25) is 9.78 Å². The number of allylic oxidation sites excluding steroid dienone is 1. The molecule has 0 saturated heterocycles. The molecule has 1 unspecified atom stereocenters. The number of nitrogens with zero attached hydrogens (tertiary/aromatic N) is 3. The first kappa shape index (κ1) is 23.1. The van der Waals surface area contributed by atoms with Crippen molar-refractivity contribution >= 4 is 40.4 Å². The summed E-state index contributed by atoms with van der Waals surface area (Å²) in [4.78, 5) is 36.5. The van der Waals surface area contributed by atoms with E-state index in [2.05, 4.69) is 15.3 Å². The van der Waals surface area contributed by atoms with Crippen LogP contribution in [0.4, 0.5) is 0 Å². The van der Waals surface area contributed by atoms with Crippen LogP contribution >= 0.6 is 23.4 Å². The van der Waals surface area contributed by atoms with E-state index in [-0.39, 0.29) is 18.9 Å². The highest BCUT2D eigenvalue weighted by molar-refractivity contribution is 8.16. The number of aliphatic imine (C=N–C) groups is 1.